The molecule has 2 rings (SSSR count). The third-order valence-corrected chi connectivity index (χ3v) is 5.02. The Hall–Kier alpha value is -0.710. The molecule has 0 fully saturated rings. The molecule has 0 saturated carbocycles. The van der Waals surface area contributed by atoms with E-state index in [-0.39, 0.29) is 0 Å². The Morgan fingerprint density at radius 2 is 2.11 bits per heavy atom. The Kier molecular flexibility index (Phi) is 4.76. The molecule has 1 aromatic carbocycles. The number of rotatable bonds is 4. The van der Waals surface area contributed by atoms with Crippen molar-refractivity contribution in [3.05, 3.63) is 38.8 Å². The van der Waals surface area contributed by atoms with E-state index in [1.165, 1.54) is 16.0 Å². The van der Waals surface area contributed by atoms with Crippen LogP contribution in [0.2, 0.25) is 0 Å². The van der Waals surface area contributed by atoms with Crippen molar-refractivity contribution in [1.29, 1.82) is 0 Å². The molecular weight excluding hydrogens is 320 g/mol. The maximum atomic E-state index is 4.74. The highest BCUT2D eigenvalue weighted by atomic mass is 79.9. The fourth-order valence-electron chi connectivity index (χ4n) is 2.19. The normalized spacial score (nSPS) is 12.7. The number of aryl methyl sites for hydroxylation is 2. The van der Waals surface area contributed by atoms with E-state index in [9.17, 15) is 0 Å². The van der Waals surface area contributed by atoms with Gasteiger partial charge in [-0.05, 0) is 45.0 Å². The molecule has 1 atom stereocenters. The lowest BCUT2D eigenvalue weighted by atomic mass is 10.1. The van der Waals surface area contributed by atoms with Crippen LogP contribution >= 0.6 is 27.3 Å². The second-order valence-electron chi connectivity index (χ2n) is 4.71. The SMILES string of the molecule is CCNC(C)c1sc(-c2ccc(Br)cc2C)nc1C. The van der Waals surface area contributed by atoms with Gasteiger partial charge in [0.05, 0.1) is 5.69 Å². The average Bonchev–Trinajstić information content (AvgIpc) is 2.71. The first-order valence-electron chi connectivity index (χ1n) is 6.50. The van der Waals surface area contributed by atoms with Gasteiger partial charge in [0.25, 0.3) is 0 Å². The van der Waals surface area contributed by atoms with Crippen LogP contribution in [0.1, 0.15) is 36.0 Å². The molecule has 0 radical (unpaired) electrons. The Morgan fingerprint density at radius 3 is 2.74 bits per heavy atom. The van der Waals surface area contributed by atoms with Gasteiger partial charge in [-0.3, -0.25) is 0 Å². The molecule has 0 aliphatic carbocycles. The van der Waals surface area contributed by atoms with E-state index >= 15 is 0 Å². The predicted octanol–water partition coefficient (Wildman–Crippen LogP) is 4.86. The van der Waals surface area contributed by atoms with Gasteiger partial charge >= 0.3 is 0 Å². The second-order valence-corrected chi connectivity index (χ2v) is 6.65. The van der Waals surface area contributed by atoms with Gasteiger partial charge in [-0.15, -0.1) is 11.3 Å². The van der Waals surface area contributed by atoms with Crippen molar-refractivity contribution >= 4 is 27.3 Å². The molecule has 0 bridgehead atoms. The molecule has 0 aliphatic heterocycles. The molecule has 0 saturated heterocycles. The van der Waals surface area contributed by atoms with Gasteiger partial charge in [-0.1, -0.05) is 28.9 Å². The minimum Gasteiger partial charge on any atom is -0.310 e. The standard InChI is InChI=1S/C15H19BrN2S/c1-5-17-10(3)14-11(4)18-15(19-14)13-7-6-12(16)8-9(13)2/h6-8,10,17H,5H2,1-4H3. The van der Waals surface area contributed by atoms with E-state index in [2.05, 4.69) is 67.1 Å². The van der Waals surface area contributed by atoms with Gasteiger partial charge in [0.1, 0.15) is 5.01 Å². The van der Waals surface area contributed by atoms with Gasteiger partial charge in [0.15, 0.2) is 0 Å². The van der Waals surface area contributed by atoms with Crippen molar-refractivity contribution in [2.45, 2.75) is 33.7 Å². The first-order chi connectivity index (χ1) is 9.02. The molecule has 0 spiro atoms. The number of thiazole rings is 1. The van der Waals surface area contributed by atoms with Gasteiger partial charge in [-0.2, -0.15) is 0 Å². The summed E-state index contributed by atoms with van der Waals surface area (Å²) < 4.78 is 1.11. The third-order valence-electron chi connectivity index (χ3n) is 3.15. The first-order valence-corrected chi connectivity index (χ1v) is 8.11. The van der Waals surface area contributed by atoms with Crippen LogP contribution in [-0.4, -0.2) is 11.5 Å². The quantitative estimate of drug-likeness (QED) is 0.860. The van der Waals surface area contributed by atoms with Crippen LogP contribution in [0.25, 0.3) is 10.6 Å². The summed E-state index contributed by atoms with van der Waals surface area (Å²) in [5.74, 6) is 0. The van der Waals surface area contributed by atoms with Crippen molar-refractivity contribution in [1.82, 2.24) is 10.3 Å². The summed E-state index contributed by atoms with van der Waals surface area (Å²) in [7, 11) is 0. The van der Waals surface area contributed by atoms with Crippen LogP contribution in [-0.2, 0) is 0 Å². The number of nitrogens with zero attached hydrogens (tertiary/aromatic N) is 1. The van der Waals surface area contributed by atoms with E-state index in [0.717, 1.165) is 21.7 Å². The fraction of sp³-hybridized carbons (Fsp3) is 0.400. The van der Waals surface area contributed by atoms with E-state index in [0.29, 0.717) is 6.04 Å². The molecular formula is C15H19BrN2S. The molecule has 1 N–H and O–H groups in total. The molecule has 0 amide bonds. The van der Waals surface area contributed by atoms with Crippen LogP contribution in [0.15, 0.2) is 22.7 Å². The first kappa shape index (κ1) is 14.7. The Morgan fingerprint density at radius 1 is 1.37 bits per heavy atom. The largest absolute Gasteiger partial charge is 0.310 e. The summed E-state index contributed by atoms with van der Waals surface area (Å²) in [5.41, 5.74) is 3.62. The predicted molar refractivity (Wildman–Crippen MR) is 86.8 cm³/mol. The molecule has 2 aromatic rings. The lowest BCUT2D eigenvalue weighted by Gasteiger charge is -2.10. The minimum atomic E-state index is 0.368. The molecule has 0 aliphatic rings. The molecule has 4 heteroatoms. The van der Waals surface area contributed by atoms with Gasteiger partial charge in [0, 0.05) is 21.0 Å². The number of benzene rings is 1. The number of halogens is 1. The zero-order valence-corrected chi connectivity index (χ0v) is 14.2. The number of nitrogens with one attached hydrogen (secondary N) is 1. The molecule has 1 aromatic heterocycles. The number of hydrogen-bond donors (Lipinski definition) is 1. The summed E-state index contributed by atoms with van der Waals surface area (Å²) >= 11 is 5.30. The van der Waals surface area contributed by atoms with Gasteiger partial charge in [-0.25, -0.2) is 4.98 Å². The Labute approximate surface area is 127 Å². The summed E-state index contributed by atoms with van der Waals surface area (Å²) in [6.07, 6.45) is 0. The van der Waals surface area contributed by atoms with E-state index in [1.54, 1.807) is 11.3 Å². The number of hydrogen-bond acceptors (Lipinski definition) is 3. The third kappa shape index (κ3) is 3.25. The molecule has 102 valence electrons. The molecule has 1 unspecified atom stereocenters. The highest BCUT2D eigenvalue weighted by Gasteiger charge is 2.15. The van der Waals surface area contributed by atoms with Crippen molar-refractivity contribution in [3.8, 4) is 10.6 Å². The Bertz CT molecular complexity index is 578. The topological polar surface area (TPSA) is 24.9 Å². The fourth-order valence-corrected chi connectivity index (χ4v) is 3.85. The lowest BCUT2D eigenvalue weighted by molar-refractivity contribution is 0.603. The van der Waals surface area contributed by atoms with Crippen LogP contribution < -0.4 is 5.32 Å². The smallest absolute Gasteiger partial charge is 0.124 e. The van der Waals surface area contributed by atoms with E-state index < -0.39 is 0 Å². The maximum absolute atomic E-state index is 4.74. The summed E-state index contributed by atoms with van der Waals surface area (Å²) in [5, 5.41) is 4.57. The minimum absolute atomic E-state index is 0.368. The lowest BCUT2D eigenvalue weighted by Crippen LogP contribution is -2.17. The molecule has 2 nitrogen and oxygen atoms in total. The highest BCUT2D eigenvalue weighted by molar-refractivity contribution is 9.10. The van der Waals surface area contributed by atoms with Crippen LogP contribution in [0, 0.1) is 13.8 Å². The second kappa shape index (κ2) is 6.16. The maximum Gasteiger partial charge on any atom is 0.124 e. The monoisotopic (exact) mass is 338 g/mol. The summed E-state index contributed by atoms with van der Waals surface area (Å²) in [6, 6.07) is 6.72. The highest BCUT2D eigenvalue weighted by Crippen LogP contribution is 2.34. The molecule has 19 heavy (non-hydrogen) atoms. The average molecular weight is 339 g/mol. The van der Waals surface area contributed by atoms with Crippen LogP contribution in [0.3, 0.4) is 0 Å². The van der Waals surface area contributed by atoms with Gasteiger partial charge < -0.3 is 5.32 Å². The van der Waals surface area contributed by atoms with Crippen molar-refractivity contribution < 1.29 is 0 Å². The molecule has 1 heterocycles. The number of aromatic nitrogens is 1. The van der Waals surface area contributed by atoms with Crippen LogP contribution in [0.4, 0.5) is 0 Å². The summed E-state index contributed by atoms with van der Waals surface area (Å²) in [6.45, 7) is 9.53. The van der Waals surface area contributed by atoms with Crippen molar-refractivity contribution in [2.24, 2.45) is 0 Å². The Balaban J connectivity index is 2.39. The van der Waals surface area contributed by atoms with E-state index in [1.807, 2.05) is 0 Å². The zero-order valence-electron chi connectivity index (χ0n) is 11.7. The zero-order chi connectivity index (χ0) is 14.0. The van der Waals surface area contributed by atoms with E-state index in [4.69, 9.17) is 4.98 Å². The van der Waals surface area contributed by atoms with Crippen molar-refractivity contribution in [2.75, 3.05) is 6.54 Å². The van der Waals surface area contributed by atoms with Crippen LogP contribution in [0.5, 0.6) is 0 Å². The summed E-state index contributed by atoms with van der Waals surface area (Å²) in [4.78, 5) is 6.07. The van der Waals surface area contributed by atoms with Crippen molar-refractivity contribution in [3.63, 3.8) is 0 Å². The van der Waals surface area contributed by atoms with Gasteiger partial charge in [0.2, 0.25) is 0 Å².